The molecule has 0 aliphatic carbocycles. The maximum absolute atomic E-state index is 14.4. The number of benzene rings is 2. The minimum atomic E-state index is -1.06. The molecule has 2 aromatic carbocycles. The number of alkyl halides is 1. The standard InChI is InChI=1S/C24H24FN5O2/c1-29-12-18(25)22(13-29)32-21-9-16-19(10-20(21)31-3)26-14-27-24(16)17-11-30(2)28-23(17)15-7-5-4-6-8-15/h4-11,14,18,22H,12-13H2,1-3H3/t18-,22-/m1/s1. The Kier molecular flexibility index (Phi) is 5.22. The molecular formula is C24H24FN5O2. The van der Waals surface area contributed by atoms with Gasteiger partial charge in [-0.1, -0.05) is 30.3 Å². The molecular weight excluding hydrogens is 409 g/mol. The maximum atomic E-state index is 14.4. The van der Waals surface area contributed by atoms with Gasteiger partial charge in [0.1, 0.15) is 18.1 Å². The summed E-state index contributed by atoms with van der Waals surface area (Å²) in [5, 5.41) is 5.45. The predicted molar refractivity (Wildman–Crippen MR) is 121 cm³/mol. The van der Waals surface area contributed by atoms with Crippen LogP contribution in [-0.4, -0.2) is 64.2 Å². The summed E-state index contributed by atoms with van der Waals surface area (Å²) in [4.78, 5) is 10.9. The van der Waals surface area contributed by atoms with Crippen LogP contribution in [0.25, 0.3) is 33.4 Å². The number of likely N-dealkylation sites (N-methyl/N-ethyl adjacent to an activating group) is 1. The zero-order valence-corrected chi connectivity index (χ0v) is 18.2. The first kappa shape index (κ1) is 20.4. The quantitative estimate of drug-likeness (QED) is 0.478. The molecule has 3 heterocycles. The Morgan fingerprint density at radius 1 is 1.00 bits per heavy atom. The lowest BCUT2D eigenvalue weighted by molar-refractivity contribution is 0.135. The van der Waals surface area contributed by atoms with Crippen LogP contribution in [0, 0.1) is 0 Å². The Labute approximate surface area is 185 Å². The SMILES string of the molecule is COc1cc2ncnc(-c3cn(C)nc3-c3ccccc3)c2cc1O[C@@H]1CN(C)C[C@H]1F. The van der Waals surface area contributed by atoms with Crippen molar-refractivity contribution < 1.29 is 13.9 Å². The van der Waals surface area contributed by atoms with Gasteiger partial charge in [-0.25, -0.2) is 14.4 Å². The van der Waals surface area contributed by atoms with Gasteiger partial charge >= 0.3 is 0 Å². The number of nitrogens with zero attached hydrogens (tertiary/aromatic N) is 5. The lowest BCUT2D eigenvalue weighted by Gasteiger charge is -2.18. The Hall–Kier alpha value is -3.52. The number of ether oxygens (including phenoxy) is 2. The highest BCUT2D eigenvalue weighted by Gasteiger charge is 2.33. The van der Waals surface area contributed by atoms with Gasteiger partial charge < -0.3 is 9.47 Å². The molecule has 1 saturated heterocycles. The van der Waals surface area contributed by atoms with Crippen molar-refractivity contribution in [1.82, 2.24) is 24.6 Å². The van der Waals surface area contributed by atoms with Gasteiger partial charge in [-0.15, -0.1) is 0 Å². The van der Waals surface area contributed by atoms with Crippen LogP contribution in [0.3, 0.4) is 0 Å². The fourth-order valence-electron chi connectivity index (χ4n) is 4.19. The third-order valence-corrected chi connectivity index (χ3v) is 5.71. The zero-order valence-electron chi connectivity index (χ0n) is 18.2. The number of aryl methyl sites for hydroxylation is 1. The number of fused-ring (bicyclic) bond motifs is 1. The van der Waals surface area contributed by atoms with E-state index in [1.807, 2.05) is 61.6 Å². The lowest BCUT2D eigenvalue weighted by atomic mass is 10.0. The number of rotatable bonds is 5. The summed E-state index contributed by atoms with van der Waals surface area (Å²) in [6, 6.07) is 13.6. The van der Waals surface area contributed by atoms with Crippen molar-refractivity contribution in [2.24, 2.45) is 7.05 Å². The number of aromatic nitrogens is 4. The molecule has 0 amide bonds. The summed E-state index contributed by atoms with van der Waals surface area (Å²) >= 11 is 0. The molecule has 0 spiro atoms. The highest BCUT2D eigenvalue weighted by atomic mass is 19.1. The van der Waals surface area contributed by atoms with Crippen LogP contribution in [0.5, 0.6) is 11.5 Å². The normalized spacial score (nSPS) is 18.9. The van der Waals surface area contributed by atoms with Crippen LogP contribution in [0.1, 0.15) is 0 Å². The molecule has 1 aliphatic heterocycles. The monoisotopic (exact) mass is 433 g/mol. The van der Waals surface area contributed by atoms with E-state index in [2.05, 4.69) is 15.1 Å². The Bertz CT molecular complexity index is 1260. The molecule has 0 saturated carbocycles. The molecule has 0 bridgehead atoms. The minimum absolute atomic E-state index is 0.352. The molecule has 32 heavy (non-hydrogen) atoms. The van der Waals surface area contributed by atoms with E-state index in [1.165, 1.54) is 6.33 Å². The summed E-state index contributed by atoms with van der Waals surface area (Å²) in [7, 11) is 5.33. The van der Waals surface area contributed by atoms with Crippen molar-refractivity contribution in [3.05, 3.63) is 55.0 Å². The van der Waals surface area contributed by atoms with Crippen LogP contribution in [0.15, 0.2) is 55.0 Å². The number of likely N-dealkylation sites (tertiary alicyclic amines) is 1. The second-order valence-corrected chi connectivity index (χ2v) is 8.07. The Morgan fingerprint density at radius 2 is 1.81 bits per heavy atom. The van der Waals surface area contributed by atoms with Crippen molar-refractivity contribution in [3.63, 3.8) is 0 Å². The Morgan fingerprint density at radius 3 is 2.53 bits per heavy atom. The molecule has 1 aliphatic rings. The maximum Gasteiger partial charge on any atom is 0.162 e. The van der Waals surface area contributed by atoms with Gasteiger partial charge in [0, 0.05) is 48.9 Å². The van der Waals surface area contributed by atoms with Crippen LogP contribution < -0.4 is 9.47 Å². The highest BCUT2D eigenvalue weighted by molar-refractivity contribution is 5.97. The second-order valence-electron chi connectivity index (χ2n) is 8.07. The summed E-state index contributed by atoms with van der Waals surface area (Å²) in [5.41, 5.74) is 4.14. The average Bonchev–Trinajstić information content (AvgIpc) is 3.34. The molecule has 0 N–H and O–H groups in total. The minimum Gasteiger partial charge on any atom is -0.493 e. The van der Waals surface area contributed by atoms with Crippen molar-refractivity contribution >= 4 is 10.9 Å². The molecule has 0 radical (unpaired) electrons. The summed E-state index contributed by atoms with van der Waals surface area (Å²) in [5.74, 6) is 0.988. The van der Waals surface area contributed by atoms with Gasteiger partial charge in [-0.05, 0) is 13.1 Å². The van der Waals surface area contributed by atoms with E-state index < -0.39 is 12.3 Å². The van der Waals surface area contributed by atoms with Crippen molar-refractivity contribution in [2.45, 2.75) is 12.3 Å². The number of hydrogen-bond acceptors (Lipinski definition) is 6. The molecule has 5 rings (SSSR count). The van der Waals surface area contributed by atoms with Crippen molar-refractivity contribution in [2.75, 3.05) is 27.2 Å². The van der Waals surface area contributed by atoms with Gasteiger partial charge in [0.05, 0.1) is 18.3 Å². The van der Waals surface area contributed by atoms with Crippen LogP contribution in [0.2, 0.25) is 0 Å². The number of methoxy groups -OCH3 is 1. The summed E-state index contributed by atoms with van der Waals surface area (Å²) in [6.45, 7) is 0.867. The predicted octanol–water partition coefficient (Wildman–Crippen LogP) is 3.74. The van der Waals surface area contributed by atoms with Gasteiger partial charge in [0.15, 0.2) is 17.7 Å². The van der Waals surface area contributed by atoms with Gasteiger partial charge in [-0.2, -0.15) is 5.10 Å². The molecule has 164 valence electrons. The molecule has 2 aromatic heterocycles. The molecule has 4 aromatic rings. The van der Waals surface area contributed by atoms with E-state index in [-0.39, 0.29) is 0 Å². The number of halogens is 1. The average molecular weight is 433 g/mol. The molecule has 1 fully saturated rings. The van der Waals surface area contributed by atoms with Gasteiger partial charge in [0.25, 0.3) is 0 Å². The summed E-state index contributed by atoms with van der Waals surface area (Å²) in [6.07, 6.45) is 1.86. The van der Waals surface area contributed by atoms with Gasteiger partial charge in [0.2, 0.25) is 0 Å². The van der Waals surface area contributed by atoms with E-state index in [0.29, 0.717) is 30.1 Å². The smallest absolute Gasteiger partial charge is 0.162 e. The van der Waals surface area contributed by atoms with Crippen molar-refractivity contribution in [3.8, 4) is 34.0 Å². The fraction of sp³-hybridized carbons (Fsp3) is 0.292. The van der Waals surface area contributed by atoms with Crippen LogP contribution in [-0.2, 0) is 7.05 Å². The highest BCUT2D eigenvalue weighted by Crippen LogP contribution is 2.39. The number of hydrogen-bond donors (Lipinski definition) is 0. The van der Waals surface area contributed by atoms with Crippen LogP contribution in [0.4, 0.5) is 4.39 Å². The third kappa shape index (κ3) is 3.67. The first-order valence-corrected chi connectivity index (χ1v) is 10.4. The van der Waals surface area contributed by atoms with E-state index in [4.69, 9.17) is 9.47 Å². The third-order valence-electron chi connectivity index (χ3n) is 5.71. The van der Waals surface area contributed by atoms with E-state index in [1.54, 1.807) is 17.9 Å². The van der Waals surface area contributed by atoms with E-state index >= 15 is 0 Å². The molecule has 7 nitrogen and oxygen atoms in total. The Balaban J connectivity index is 1.64. The van der Waals surface area contributed by atoms with E-state index in [0.717, 1.165) is 27.9 Å². The largest absolute Gasteiger partial charge is 0.493 e. The first-order chi connectivity index (χ1) is 15.5. The van der Waals surface area contributed by atoms with Crippen LogP contribution >= 0.6 is 0 Å². The topological polar surface area (TPSA) is 65.3 Å². The molecule has 8 heteroatoms. The zero-order chi connectivity index (χ0) is 22.2. The summed E-state index contributed by atoms with van der Waals surface area (Å²) < 4.78 is 27.8. The molecule has 2 atom stereocenters. The van der Waals surface area contributed by atoms with Gasteiger partial charge in [-0.3, -0.25) is 9.58 Å². The second kappa shape index (κ2) is 8.20. The van der Waals surface area contributed by atoms with E-state index in [9.17, 15) is 4.39 Å². The van der Waals surface area contributed by atoms with Crippen molar-refractivity contribution in [1.29, 1.82) is 0 Å². The lowest BCUT2D eigenvalue weighted by Crippen LogP contribution is -2.27. The molecule has 0 unspecified atom stereocenters. The first-order valence-electron chi connectivity index (χ1n) is 10.4. The fourth-order valence-corrected chi connectivity index (χ4v) is 4.19.